The summed E-state index contributed by atoms with van der Waals surface area (Å²) in [4.78, 5) is 23.4. The van der Waals surface area contributed by atoms with Crippen LogP contribution in [0.1, 0.15) is 44.2 Å². The third kappa shape index (κ3) is 4.01. The number of benzene rings is 1. The molecule has 0 bridgehead atoms. The molecule has 124 valence electrons. The van der Waals surface area contributed by atoms with Crippen molar-refractivity contribution in [3.05, 3.63) is 23.8 Å². The predicted molar refractivity (Wildman–Crippen MR) is 85.3 cm³/mol. The predicted octanol–water partition coefficient (Wildman–Crippen LogP) is 2.15. The van der Waals surface area contributed by atoms with Gasteiger partial charge in [0.25, 0.3) is 5.91 Å². The molecule has 2 aliphatic rings. The van der Waals surface area contributed by atoms with E-state index < -0.39 is 0 Å². The molecule has 1 fully saturated rings. The average Bonchev–Trinajstić information content (AvgIpc) is 3.05. The molecule has 0 aromatic heterocycles. The van der Waals surface area contributed by atoms with E-state index in [1.807, 2.05) is 25.1 Å². The van der Waals surface area contributed by atoms with Crippen LogP contribution in [0.2, 0.25) is 0 Å². The Labute approximate surface area is 135 Å². The number of ether oxygens (including phenoxy) is 2. The number of fused-ring (bicyclic) bond motifs is 1. The van der Waals surface area contributed by atoms with E-state index in [0.29, 0.717) is 17.9 Å². The second-order valence-corrected chi connectivity index (χ2v) is 6.06. The van der Waals surface area contributed by atoms with Gasteiger partial charge in [0, 0.05) is 13.0 Å². The van der Waals surface area contributed by atoms with Crippen LogP contribution >= 0.6 is 0 Å². The standard InChI is InChI=1S/C17H22N2O4/c1-11(18-16(20)7-5-13-3-2-8-22-13)12-4-6-15-14(9-12)19-17(21)10-23-15/h4,6,9,11,13H,2-3,5,7-8,10H2,1H3,(H,18,20)(H,19,21)/t11-,13+/m1/s1. The molecule has 0 radical (unpaired) electrons. The smallest absolute Gasteiger partial charge is 0.262 e. The summed E-state index contributed by atoms with van der Waals surface area (Å²) in [6, 6.07) is 5.44. The SMILES string of the molecule is C[C@@H](NC(=O)CC[C@@H]1CCCO1)c1ccc2c(c1)NC(=O)CO2. The van der Waals surface area contributed by atoms with Gasteiger partial charge in [-0.25, -0.2) is 0 Å². The van der Waals surface area contributed by atoms with Crippen LogP contribution < -0.4 is 15.4 Å². The Kier molecular flexibility index (Phi) is 4.81. The fraction of sp³-hybridized carbons (Fsp3) is 0.529. The number of carbonyl (C=O) groups is 2. The normalized spacial score (nSPS) is 21.1. The molecule has 0 saturated carbocycles. The molecule has 1 saturated heterocycles. The molecule has 0 aliphatic carbocycles. The van der Waals surface area contributed by atoms with Gasteiger partial charge in [-0.15, -0.1) is 0 Å². The Bertz CT molecular complexity index is 596. The highest BCUT2D eigenvalue weighted by Gasteiger charge is 2.20. The number of nitrogens with one attached hydrogen (secondary N) is 2. The number of amides is 2. The lowest BCUT2D eigenvalue weighted by atomic mass is 10.1. The summed E-state index contributed by atoms with van der Waals surface area (Å²) in [5.41, 5.74) is 1.58. The Morgan fingerprint density at radius 3 is 3.13 bits per heavy atom. The zero-order valence-electron chi connectivity index (χ0n) is 13.3. The van der Waals surface area contributed by atoms with Gasteiger partial charge in [-0.2, -0.15) is 0 Å². The first-order valence-electron chi connectivity index (χ1n) is 8.09. The lowest BCUT2D eigenvalue weighted by Crippen LogP contribution is -2.28. The van der Waals surface area contributed by atoms with E-state index in [-0.39, 0.29) is 30.6 Å². The maximum absolute atomic E-state index is 12.1. The largest absolute Gasteiger partial charge is 0.482 e. The molecule has 0 unspecified atom stereocenters. The molecule has 2 N–H and O–H groups in total. The van der Waals surface area contributed by atoms with Crippen molar-refractivity contribution in [2.24, 2.45) is 0 Å². The van der Waals surface area contributed by atoms with Gasteiger partial charge in [-0.05, 0) is 43.9 Å². The molecule has 0 spiro atoms. The van der Waals surface area contributed by atoms with Crippen LogP contribution in [-0.4, -0.2) is 31.1 Å². The van der Waals surface area contributed by atoms with Crippen molar-refractivity contribution in [3.63, 3.8) is 0 Å². The fourth-order valence-corrected chi connectivity index (χ4v) is 2.93. The van der Waals surface area contributed by atoms with Crippen LogP contribution in [0.5, 0.6) is 5.75 Å². The van der Waals surface area contributed by atoms with Crippen molar-refractivity contribution in [2.75, 3.05) is 18.5 Å². The molecule has 6 heteroatoms. The zero-order valence-corrected chi connectivity index (χ0v) is 13.3. The van der Waals surface area contributed by atoms with E-state index in [4.69, 9.17) is 9.47 Å². The molecule has 2 aliphatic heterocycles. The van der Waals surface area contributed by atoms with E-state index in [9.17, 15) is 9.59 Å². The van der Waals surface area contributed by atoms with E-state index >= 15 is 0 Å². The first-order valence-corrected chi connectivity index (χ1v) is 8.09. The van der Waals surface area contributed by atoms with Crippen LogP contribution in [0.15, 0.2) is 18.2 Å². The second kappa shape index (κ2) is 7.00. The highest BCUT2D eigenvalue weighted by Crippen LogP contribution is 2.30. The Balaban J connectivity index is 1.55. The number of hydrogen-bond donors (Lipinski definition) is 2. The quantitative estimate of drug-likeness (QED) is 0.872. The molecule has 23 heavy (non-hydrogen) atoms. The minimum absolute atomic E-state index is 0.0195. The van der Waals surface area contributed by atoms with Crippen molar-refractivity contribution >= 4 is 17.5 Å². The van der Waals surface area contributed by atoms with E-state index in [1.54, 1.807) is 0 Å². The first kappa shape index (κ1) is 15.8. The van der Waals surface area contributed by atoms with Gasteiger partial charge in [-0.1, -0.05) is 6.07 Å². The van der Waals surface area contributed by atoms with Crippen LogP contribution in [0.3, 0.4) is 0 Å². The monoisotopic (exact) mass is 318 g/mol. The third-order valence-electron chi connectivity index (χ3n) is 4.23. The molecule has 2 heterocycles. The Morgan fingerprint density at radius 1 is 1.48 bits per heavy atom. The van der Waals surface area contributed by atoms with E-state index in [0.717, 1.165) is 31.4 Å². The third-order valence-corrected chi connectivity index (χ3v) is 4.23. The topological polar surface area (TPSA) is 76.7 Å². The van der Waals surface area contributed by atoms with Crippen molar-refractivity contribution in [2.45, 2.75) is 44.8 Å². The zero-order chi connectivity index (χ0) is 16.2. The van der Waals surface area contributed by atoms with Crippen molar-refractivity contribution in [1.82, 2.24) is 5.32 Å². The molecule has 2 atom stereocenters. The van der Waals surface area contributed by atoms with Gasteiger partial charge in [0.2, 0.25) is 5.91 Å². The summed E-state index contributed by atoms with van der Waals surface area (Å²) < 4.78 is 10.9. The van der Waals surface area contributed by atoms with Gasteiger partial charge in [-0.3, -0.25) is 9.59 Å². The lowest BCUT2D eigenvalue weighted by Gasteiger charge is -2.21. The Morgan fingerprint density at radius 2 is 2.35 bits per heavy atom. The van der Waals surface area contributed by atoms with Gasteiger partial charge in [0.15, 0.2) is 6.61 Å². The van der Waals surface area contributed by atoms with Gasteiger partial charge in [0.1, 0.15) is 5.75 Å². The van der Waals surface area contributed by atoms with Crippen LogP contribution in [0.25, 0.3) is 0 Å². The van der Waals surface area contributed by atoms with Crippen LogP contribution in [0, 0.1) is 0 Å². The number of carbonyl (C=O) groups excluding carboxylic acids is 2. The van der Waals surface area contributed by atoms with Crippen LogP contribution in [-0.2, 0) is 14.3 Å². The fourth-order valence-electron chi connectivity index (χ4n) is 2.93. The summed E-state index contributed by atoms with van der Waals surface area (Å²) in [5, 5.41) is 5.77. The van der Waals surface area contributed by atoms with Crippen molar-refractivity contribution in [1.29, 1.82) is 0 Å². The molecular weight excluding hydrogens is 296 g/mol. The van der Waals surface area contributed by atoms with Crippen LogP contribution in [0.4, 0.5) is 5.69 Å². The number of hydrogen-bond acceptors (Lipinski definition) is 4. The first-order chi connectivity index (χ1) is 11.1. The molecule has 6 nitrogen and oxygen atoms in total. The van der Waals surface area contributed by atoms with Gasteiger partial charge < -0.3 is 20.1 Å². The minimum atomic E-state index is -0.164. The van der Waals surface area contributed by atoms with Gasteiger partial charge >= 0.3 is 0 Å². The lowest BCUT2D eigenvalue weighted by molar-refractivity contribution is -0.122. The van der Waals surface area contributed by atoms with Crippen molar-refractivity contribution in [3.8, 4) is 5.75 Å². The summed E-state index contributed by atoms with van der Waals surface area (Å²) in [6.45, 7) is 2.78. The molecule has 1 aromatic carbocycles. The maximum atomic E-state index is 12.1. The minimum Gasteiger partial charge on any atom is -0.482 e. The summed E-state index contributed by atoms with van der Waals surface area (Å²) in [5.74, 6) is 0.513. The van der Waals surface area contributed by atoms with Crippen molar-refractivity contribution < 1.29 is 19.1 Å². The van der Waals surface area contributed by atoms with E-state index in [2.05, 4.69) is 10.6 Å². The summed E-state index contributed by atoms with van der Waals surface area (Å²) in [7, 11) is 0. The Hall–Kier alpha value is -2.08. The maximum Gasteiger partial charge on any atom is 0.262 e. The number of anilines is 1. The summed E-state index contributed by atoms with van der Waals surface area (Å²) in [6.07, 6.45) is 3.61. The molecular formula is C17H22N2O4. The molecule has 3 rings (SSSR count). The highest BCUT2D eigenvalue weighted by molar-refractivity contribution is 5.95. The molecule has 1 aromatic rings. The average molecular weight is 318 g/mol. The van der Waals surface area contributed by atoms with Gasteiger partial charge in [0.05, 0.1) is 17.8 Å². The highest BCUT2D eigenvalue weighted by atomic mass is 16.5. The molecule has 2 amide bonds. The second-order valence-electron chi connectivity index (χ2n) is 6.06. The summed E-state index contributed by atoms with van der Waals surface area (Å²) >= 11 is 0. The van der Waals surface area contributed by atoms with E-state index in [1.165, 1.54) is 0 Å². The number of rotatable bonds is 5.